The van der Waals surface area contributed by atoms with Gasteiger partial charge in [-0.2, -0.15) is 13.2 Å². The molecule has 6 nitrogen and oxygen atoms in total. The van der Waals surface area contributed by atoms with E-state index < -0.39 is 27.2 Å². The van der Waals surface area contributed by atoms with Crippen LogP contribution in [0.2, 0.25) is 5.28 Å². The molecule has 0 fully saturated rings. The van der Waals surface area contributed by atoms with Gasteiger partial charge in [0.15, 0.2) is 5.69 Å². The van der Waals surface area contributed by atoms with E-state index in [9.17, 15) is 21.6 Å². The molecular formula is C9H12ClF3N4O2S. The van der Waals surface area contributed by atoms with Gasteiger partial charge in [0.25, 0.3) is 0 Å². The lowest BCUT2D eigenvalue weighted by molar-refractivity contribution is -0.141. The number of alkyl halides is 3. The maximum atomic E-state index is 12.5. The monoisotopic (exact) mass is 332 g/mol. The van der Waals surface area contributed by atoms with Gasteiger partial charge < -0.3 is 5.32 Å². The third kappa shape index (κ3) is 6.35. The van der Waals surface area contributed by atoms with Gasteiger partial charge in [-0.15, -0.1) is 0 Å². The largest absolute Gasteiger partial charge is 0.433 e. The van der Waals surface area contributed by atoms with Gasteiger partial charge in [-0.05, 0) is 18.0 Å². The molecule has 0 aliphatic carbocycles. The summed E-state index contributed by atoms with van der Waals surface area (Å²) in [6.45, 7) is 0.393. The Kier molecular flexibility index (Phi) is 5.54. The summed E-state index contributed by atoms with van der Waals surface area (Å²) in [6, 6.07) is 0.732. The smallest absolute Gasteiger partial charge is 0.370 e. The Bertz CT molecular complexity index is 565. The quantitative estimate of drug-likeness (QED) is 0.609. The van der Waals surface area contributed by atoms with Crippen molar-refractivity contribution in [2.24, 2.45) is 0 Å². The molecule has 0 aromatic carbocycles. The van der Waals surface area contributed by atoms with Crippen LogP contribution < -0.4 is 10.0 Å². The fourth-order valence-electron chi connectivity index (χ4n) is 1.22. The molecule has 0 amide bonds. The molecule has 20 heavy (non-hydrogen) atoms. The third-order valence-corrected chi connectivity index (χ3v) is 2.91. The fourth-order valence-corrected chi connectivity index (χ4v) is 1.91. The van der Waals surface area contributed by atoms with Crippen LogP contribution in [0.3, 0.4) is 0 Å². The molecule has 114 valence electrons. The summed E-state index contributed by atoms with van der Waals surface area (Å²) in [7, 11) is -3.28. The van der Waals surface area contributed by atoms with Gasteiger partial charge >= 0.3 is 6.18 Å². The molecule has 0 aliphatic heterocycles. The normalized spacial score (nSPS) is 12.4. The van der Waals surface area contributed by atoms with Crippen molar-refractivity contribution < 1.29 is 21.6 Å². The van der Waals surface area contributed by atoms with Gasteiger partial charge in [0.1, 0.15) is 5.82 Å². The minimum absolute atomic E-state index is 0.0725. The van der Waals surface area contributed by atoms with Crippen molar-refractivity contribution in [1.29, 1.82) is 0 Å². The van der Waals surface area contributed by atoms with Crippen LogP contribution in [0.4, 0.5) is 19.0 Å². The summed E-state index contributed by atoms with van der Waals surface area (Å²) in [4.78, 5) is 6.68. The van der Waals surface area contributed by atoms with E-state index in [4.69, 9.17) is 11.6 Å². The highest BCUT2D eigenvalue weighted by Gasteiger charge is 2.33. The Morgan fingerprint density at radius 3 is 2.50 bits per heavy atom. The summed E-state index contributed by atoms with van der Waals surface area (Å²) < 4.78 is 61.2. The summed E-state index contributed by atoms with van der Waals surface area (Å²) in [5.74, 6) is -0.0725. The highest BCUT2D eigenvalue weighted by atomic mass is 35.5. The Balaban J connectivity index is 2.54. The van der Waals surface area contributed by atoms with E-state index in [1.807, 2.05) is 0 Å². The number of nitrogens with one attached hydrogen (secondary N) is 2. The van der Waals surface area contributed by atoms with Crippen molar-refractivity contribution >= 4 is 27.4 Å². The predicted molar refractivity (Wildman–Crippen MR) is 68.0 cm³/mol. The second-order valence-electron chi connectivity index (χ2n) is 3.85. The number of sulfonamides is 1. The van der Waals surface area contributed by atoms with Crippen LogP contribution in [0.1, 0.15) is 12.1 Å². The van der Waals surface area contributed by atoms with E-state index in [0.29, 0.717) is 6.42 Å². The van der Waals surface area contributed by atoms with E-state index >= 15 is 0 Å². The Hall–Kier alpha value is -1.13. The number of hydrogen-bond donors (Lipinski definition) is 2. The zero-order valence-corrected chi connectivity index (χ0v) is 11.9. The zero-order chi connectivity index (χ0) is 15.4. The van der Waals surface area contributed by atoms with Crippen LogP contribution in [0.25, 0.3) is 0 Å². The molecule has 11 heteroatoms. The van der Waals surface area contributed by atoms with E-state index in [2.05, 4.69) is 20.0 Å². The minimum atomic E-state index is -4.61. The molecule has 0 unspecified atom stereocenters. The Morgan fingerprint density at radius 1 is 1.30 bits per heavy atom. The molecule has 0 saturated carbocycles. The topological polar surface area (TPSA) is 84.0 Å². The van der Waals surface area contributed by atoms with Gasteiger partial charge in [0, 0.05) is 19.2 Å². The van der Waals surface area contributed by atoms with Gasteiger partial charge in [0.05, 0.1) is 6.26 Å². The van der Waals surface area contributed by atoms with Crippen LogP contribution in [0, 0.1) is 0 Å². The average molecular weight is 333 g/mol. The number of halogens is 4. The van der Waals surface area contributed by atoms with Crippen molar-refractivity contribution in [3.05, 3.63) is 17.0 Å². The fraction of sp³-hybridized carbons (Fsp3) is 0.556. The Labute approximate surface area is 118 Å². The van der Waals surface area contributed by atoms with Gasteiger partial charge in [-0.3, -0.25) is 0 Å². The maximum Gasteiger partial charge on any atom is 0.433 e. The van der Waals surface area contributed by atoms with Gasteiger partial charge in [0.2, 0.25) is 15.3 Å². The Morgan fingerprint density at radius 2 is 1.95 bits per heavy atom. The highest BCUT2D eigenvalue weighted by Crippen LogP contribution is 2.29. The van der Waals surface area contributed by atoms with Crippen LogP contribution in [-0.2, 0) is 16.2 Å². The van der Waals surface area contributed by atoms with Crippen LogP contribution in [0.15, 0.2) is 6.07 Å². The van der Waals surface area contributed by atoms with Crippen molar-refractivity contribution in [1.82, 2.24) is 14.7 Å². The summed E-state index contributed by atoms with van der Waals surface area (Å²) in [5.41, 5.74) is -1.14. The van der Waals surface area contributed by atoms with Crippen LogP contribution >= 0.6 is 11.6 Å². The van der Waals surface area contributed by atoms with E-state index in [1.165, 1.54) is 0 Å². The number of rotatable bonds is 6. The molecule has 1 aromatic rings. The summed E-state index contributed by atoms with van der Waals surface area (Å²) in [6.07, 6.45) is -3.23. The number of anilines is 1. The SMILES string of the molecule is CS(=O)(=O)NCCCNc1cc(C(F)(F)F)nc(Cl)n1. The van der Waals surface area contributed by atoms with E-state index in [1.54, 1.807) is 0 Å². The first-order valence-electron chi connectivity index (χ1n) is 5.38. The number of aromatic nitrogens is 2. The second kappa shape index (κ2) is 6.55. The second-order valence-corrected chi connectivity index (χ2v) is 6.02. The molecule has 0 saturated heterocycles. The first-order valence-corrected chi connectivity index (χ1v) is 7.65. The van der Waals surface area contributed by atoms with Gasteiger partial charge in [-0.25, -0.2) is 23.1 Å². The van der Waals surface area contributed by atoms with Crippen molar-refractivity contribution in [2.75, 3.05) is 24.7 Å². The molecule has 0 aliphatic rings. The zero-order valence-electron chi connectivity index (χ0n) is 10.3. The van der Waals surface area contributed by atoms with Crippen molar-refractivity contribution in [3.8, 4) is 0 Å². The van der Waals surface area contributed by atoms with Gasteiger partial charge in [-0.1, -0.05) is 0 Å². The molecule has 1 rings (SSSR count). The molecule has 0 bridgehead atoms. The lowest BCUT2D eigenvalue weighted by Crippen LogP contribution is -2.24. The lowest BCUT2D eigenvalue weighted by atomic mass is 10.3. The lowest BCUT2D eigenvalue weighted by Gasteiger charge is -2.09. The predicted octanol–water partition coefficient (Wildman–Crippen LogP) is 1.50. The first kappa shape index (κ1) is 16.9. The molecule has 2 N–H and O–H groups in total. The molecule has 1 aromatic heterocycles. The molecule has 0 atom stereocenters. The standard InChI is InChI=1S/C9H12ClF3N4O2S/c1-20(18,19)15-4-2-3-14-7-5-6(9(11,12)13)16-8(10)17-7/h5,15H,2-4H2,1H3,(H,14,16,17). The average Bonchev–Trinajstić information content (AvgIpc) is 2.25. The molecular weight excluding hydrogens is 321 g/mol. The number of nitrogens with zero attached hydrogens (tertiary/aromatic N) is 2. The first-order chi connectivity index (χ1) is 9.08. The highest BCUT2D eigenvalue weighted by molar-refractivity contribution is 7.88. The minimum Gasteiger partial charge on any atom is -0.370 e. The van der Waals surface area contributed by atoms with E-state index in [-0.39, 0.29) is 18.9 Å². The van der Waals surface area contributed by atoms with Crippen molar-refractivity contribution in [3.63, 3.8) is 0 Å². The summed E-state index contributed by atoms with van der Waals surface area (Å²) in [5, 5.41) is 2.10. The number of hydrogen-bond acceptors (Lipinski definition) is 5. The molecule has 1 heterocycles. The maximum absolute atomic E-state index is 12.5. The summed E-state index contributed by atoms with van der Waals surface area (Å²) >= 11 is 5.40. The van der Waals surface area contributed by atoms with Crippen LogP contribution in [-0.4, -0.2) is 37.7 Å². The van der Waals surface area contributed by atoms with Crippen LogP contribution in [0.5, 0.6) is 0 Å². The molecule has 0 radical (unpaired) electrons. The third-order valence-electron chi connectivity index (χ3n) is 2.01. The molecule has 0 spiro atoms. The van der Waals surface area contributed by atoms with E-state index in [0.717, 1.165) is 12.3 Å². The van der Waals surface area contributed by atoms with Crippen molar-refractivity contribution in [2.45, 2.75) is 12.6 Å².